The van der Waals surface area contributed by atoms with Gasteiger partial charge in [0.25, 0.3) is 0 Å². The van der Waals surface area contributed by atoms with Crippen LogP contribution in [-0.2, 0) is 9.59 Å². The molecule has 0 saturated carbocycles. The van der Waals surface area contributed by atoms with Gasteiger partial charge in [0.05, 0.1) is 5.41 Å². The van der Waals surface area contributed by atoms with Gasteiger partial charge in [-0.15, -0.1) is 0 Å². The Morgan fingerprint density at radius 3 is 2.50 bits per heavy atom. The molecule has 0 aromatic heterocycles. The van der Waals surface area contributed by atoms with Gasteiger partial charge in [-0.3, -0.25) is 14.5 Å². The molecule has 2 aliphatic rings. The summed E-state index contributed by atoms with van der Waals surface area (Å²) in [5.41, 5.74) is 0.442. The number of nitrogens with zero attached hydrogens (tertiary/aromatic N) is 2. The largest absolute Gasteiger partial charge is 0.342 e. The summed E-state index contributed by atoms with van der Waals surface area (Å²) >= 11 is 0. The standard InChI is InChI=1S/C21H31N3O2/c1-4-23-14-11-21(20(26)22-17-8-6-5-7-9-17)12-15-24(13-10-18(21)23)19(25)16(2)3/h5-9,16,18H,4,10-15H2,1-3H3,(H,22,26)/t18-,21-/m1/s1. The van der Waals surface area contributed by atoms with Crippen LogP contribution in [0.4, 0.5) is 5.69 Å². The summed E-state index contributed by atoms with van der Waals surface area (Å²) in [6.07, 6.45) is 2.48. The van der Waals surface area contributed by atoms with Crippen molar-refractivity contribution in [2.45, 2.75) is 46.1 Å². The van der Waals surface area contributed by atoms with E-state index < -0.39 is 5.41 Å². The fourth-order valence-corrected chi connectivity index (χ4v) is 4.61. The maximum atomic E-state index is 13.4. The molecule has 2 amide bonds. The smallest absolute Gasteiger partial charge is 0.232 e. The van der Waals surface area contributed by atoms with Crippen molar-refractivity contribution in [3.8, 4) is 0 Å². The Kier molecular flexibility index (Phi) is 5.66. The molecule has 2 atom stereocenters. The highest BCUT2D eigenvalue weighted by molar-refractivity contribution is 5.96. The molecule has 2 fully saturated rings. The SMILES string of the molecule is CCN1CC[C@@]2(C(=O)Nc3ccccc3)CCN(C(=O)C(C)C)CC[C@@H]12. The molecule has 3 rings (SSSR count). The second kappa shape index (κ2) is 7.78. The number of fused-ring (bicyclic) bond motifs is 1. The van der Waals surface area contributed by atoms with Gasteiger partial charge >= 0.3 is 0 Å². The first kappa shape index (κ1) is 18.9. The predicted molar refractivity (Wildman–Crippen MR) is 104 cm³/mol. The quantitative estimate of drug-likeness (QED) is 0.901. The molecule has 0 bridgehead atoms. The number of likely N-dealkylation sites (tertiary alicyclic amines) is 2. The number of hydrogen-bond acceptors (Lipinski definition) is 3. The zero-order chi connectivity index (χ0) is 18.7. The van der Waals surface area contributed by atoms with Crippen LogP contribution in [0.3, 0.4) is 0 Å². The van der Waals surface area contributed by atoms with Gasteiger partial charge in [0, 0.05) is 30.7 Å². The lowest BCUT2D eigenvalue weighted by Gasteiger charge is -2.35. The highest BCUT2D eigenvalue weighted by Crippen LogP contribution is 2.44. The molecule has 0 unspecified atom stereocenters. The Bertz CT molecular complexity index is 646. The van der Waals surface area contributed by atoms with Crippen molar-refractivity contribution < 1.29 is 9.59 Å². The number of para-hydroxylation sites is 1. The molecular formula is C21H31N3O2. The normalized spacial score (nSPS) is 26.5. The molecule has 142 valence electrons. The zero-order valence-corrected chi connectivity index (χ0v) is 16.2. The van der Waals surface area contributed by atoms with Crippen molar-refractivity contribution in [1.82, 2.24) is 9.80 Å². The molecular weight excluding hydrogens is 326 g/mol. The minimum atomic E-state index is -0.405. The van der Waals surface area contributed by atoms with E-state index in [0.29, 0.717) is 6.54 Å². The Morgan fingerprint density at radius 1 is 1.15 bits per heavy atom. The van der Waals surface area contributed by atoms with Crippen LogP contribution >= 0.6 is 0 Å². The van der Waals surface area contributed by atoms with E-state index in [0.717, 1.165) is 44.6 Å². The van der Waals surface area contributed by atoms with Gasteiger partial charge in [0.2, 0.25) is 11.8 Å². The van der Waals surface area contributed by atoms with Gasteiger partial charge in [-0.1, -0.05) is 39.0 Å². The van der Waals surface area contributed by atoms with Crippen molar-refractivity contribution in [3.63, 3.8) is 0 Å². The fourth-order valence-electron chi connectivity index (χ4n) is 4.61. The van der Waals surface area contributed by atoms with E-state index >= 15 is 0 Å². The maximum absolute atomic E-state index is 13.4. The number of rotatable bonds is 4. The lowest BCUT2D eigenvalue weighted by atomic mass is 9.75. The molecule has 5 nitrogen and oxygen atoms in total. The highest BCUT2D eigenvalue weighted by atomic mass is 16.2. The van der Waals surface area contributed by atoms with Crippen LogP contribution < -0.4 is 5.32 Å². The summed E-state index contributed by atoms with van der Waals surface area (Å²) in [6, 6.07) is 9.90. The van der Waals surface area contributed by atoms with Gasteiger partial charge in [0.15, 0.2) is 0 Å². The number of nitrogens with one attached hydrogen (secondary N) is 1. The van der Waals surface area contributed by atoms with Crippen LogP contribution in [-0.4, -0.2) is 53.8 Å². The van der Waals surface area contributed by atoms with Crippen LogP contribution in [0, 0.1) is 11.3 Å². The summed E-state index contributed by atoms with van der Waals surface area (Å²) < 4.78 is 0. The average molecular weight is 357 g/mol. The minimum Gasteiger partial charge on any atom is -0.342 e. The van der Waals surface area contributed by atoms with Crippen LogP contribution in [0.2, 0.25) is 0 Å². The topological polar surface area (TPSA) is 52.7 Å². The number of carbonyl (C=O) groups excluding carboxylic acids is 2. The van der Waals surface area contributed by atoms with Crippen molar-refractivity contribution in [2.24, 2.45) is 11.3 Å². The maximum Gasteiger partial charge on any atom is 0.232 e. The van der Waals surface area contributed by atoms with Crippen molar-refractivity contribution in [1.29, 1.82) is 0 Å². The van der Waals surface area contributed by atoms with Crippen LogP contribution in [0.5, 0.6) is 0 Å². The number of benzene rings is 1. The third-order valence-electron chi connectivity index (χ3n) is 6.12. The number of carbonyl (C=O) groups is 2. The number of amides is 2. The van der Waals surface area contributed by atoms with E-state index in [2.05, 4.69) is 17.1 Å². The summed E-state index contributed by atoms with van der Waals surface area (Å²) in [6.45, 7) is 9.39. The monoisotopic (exact) mass is 357 g/mol. The Labute approximate surface area is 156 Å². The Morgan fingerprint density at radius 2 is 1.85 bits per heavy atom. The van der Waals surface area contributed by atoms with Crippen molar-refractivity contribution in [3.05, 3.63) is 30.3 Å². The van der Waals surface area contributed by atoms with Crippen molar-refractivity contribution in [2.75, 3.05) is 31.5 Å². The second-order valence-corrected chi connectivity index (χ2v) is 7.89. The molecule has 1 N–H and O–H groups in total. The molecule has 2 heterocycles. The van der Waals surface area contributed by atoms with Crippen LogP contribution in [0.1, 0.15) is 40.0 Å². The third-order valence-corrected chi connectivity index (χ3v) is 6.12. The lowest BCUT2D eigenvalue weighted by molar-refractivity contribution is -0.135. The van der Waals surface area contributed by atoms with Gasteiger partial charge in [-0.25, -0.2) is 0 Å². The molecule has 1 aromatic carbocycles. The molecule has 26 heavy (non-hydrogen) atoms. The van der Waals surface area contributed by atoms with Gasteiger partial charge in [-0.05, 0) is 44.5 Å². The van der Waals surface area contributed by atoms with Crippen LogP contribution in [0.25, 0.3) is 0 Å². The highest BCUT2D eigenvalue weighted by Gasteiger charge is 2.53. The first-order valence-electron chi connectivity index (χ1n) is 9.87. The van der Waals surface area contributed by atoms with E-state index in [1.54, 1.807) is 0 Å². The second-order valence-electron chi connectivity index (χ2n) is 7.89. The first-order chi connectivity index (χ1) is 12.5. The average Bonchev–Trinajstić information content (AvgIpc) is 2.89. The summed E-state index contributed by atoms with van der Waals surface area (Å²) in [5, 5.41) is 3.14. The van der Waals surface area contributed by atoms with E-state index in [1.807, 2.05) is 49.1 Å². The first-order valence-corrected chi connectivity index (χ1v) is 9.87. The Balaban J connectivity index is 1.83. The predicted octanol–water partition coefficient (Wildman–Crippen LogP) is 2.98. The molecule has 2 saturated heterocycles. The minimum absolute atomic E-state index is 0.00399. The molecule has 0 aliphatic carbocycles. The molecule has 5 heteroatoms. The van der Waals surface area contributed by atoms with Gasteiger partial charge < -0.3 is 10.2 Å². The lowest BCUT2D eigenvalue weighted by Crippen LogP contribution is -2.47. The zero-order valence-electron chi connectivity index (χ0n) is 16.2. The summed E-state index contributed by atoms with van der Waals surface area (Å²) in [7, 11) is 0. The molecule has 0 radical (unpaired) electrons. The van der Waals surface area contributed by atoms with E-state index in [9.17, 15) is 9.59 Å². The summed E-state index contributed by atoms with van der Waals surface area (Å²) in [5.74, 6) is 0.319. The van der Waals surface area contributed by atoms with Crippen molar-refractivity contribution >= 4 is 17.5 Å². The van der Waals surface area contributed by atoms with Gasteiger partial charge in [-0.2, -0.15) is 0 Å². The van der Waals surface area contributed by atoms with E-state index in [1.165, 1.54) is 0 Å². The number of anilines is 1. The Hall–Kier alpha value is -1.88. The van der Waals surface area contributed by atoms with Gasteiger partial charge in [0.1, 0.15) is 0 Å². The fraction of sp³-hybridized carbons (Fsp3) is 0.619. The van der Waals surface area contributed by atoms with Crippen LogP contribution in [0.15, 0.2) is 30.3 Å². The summed E-state index contributed by atoms with van der Waals surface area (Å²) in [4.78, 5) is 30.2. The molecule has 0 spiro atoms. The van der Waals surface area contributed by atoms with E-state index in [-0.39, 0.29) is 23.8 Å². The molecule has 2 aliphatic heterocycles. The third kappa shape index (κ3) is 3.50. The molecule has 1 aromatic rings. The van der Waals surface area contributed by atoms with E-state index in [4.69, 9.17) is 0 Å². The number of hydrogen-bond donors (Lipinski definition) is 1.